The minimum absolute atomic E-state index is 0.263. The van der Waals surface area contributed by atoms with E-state index in [1.165, 1.54) is 16.8 Å². The van der Waals surface area contributed by atoms with Crippen molar-refractivity contribution < 1.29 is 9.47 Å². The molecule has 6 heteroatoms. The maximum atomic E-state index is 6.58. The molecule has 2 aliphatic rings. The van der Waals surface area contributed by atoms with Crippen LogP contribution in [0.25, 0.3) is 0 Å². The summed E-state index contributed by atoms with van der Waals surface area (Å²) in [5.41, 5.74) is 6.44. The predicted octanol–water partition coefficient (Wildman–Crippen LogP) is 9.16. The van der Waals surface area contributed by atoms with Crippen LogP contribution in [0.15, 0.2) is 102 Å². The molecule has 4 aromatic carbocycles. The normalized spacial score (nSPS) is 19.4. The molecule has 0 aromatic heterocycles. The van der Waals surface area contributed by atoms with Gasteiger partial charge in [-0.2, -0.15) is 0 Å². The average Bonchev–Trinajstić information content (AvgIpc) is 3.46. The Kier molecular flexibility index (Phi) is 7.32. The van der Waals surface area contributed by atoms with Crippen LogP contribution in [0.5, 0.6) is 11.5 Å². The van der Waals surface area contributed by atoms with Crippen LogP contribution in [0.1, 0.15) is 40.6 Å². The third-order valence-corrected chi connectivity index (χ3v) is 8.12. The van der Waals surface area contributed by atoms with Crippen molar-refractivity contribution in [1.82, 2.24) is 0 Å². The number of ether oxygens (including phenoxy) is 2. The maximum absolute atomic E-state index is 6.58. The highest BCUT2D eigenvalue weighted by Gasteiger charge is 2.37. The van der Waals surface area contributed by atoms with E-state index in [2.05, 4.69) is 71.0 Å². The van der Waals surface area contributed by atoms with Gasteiger partial charge in [0.15, 0.2) is 11.5 Å². The van der Waals surface area contributed by atoms with Crippen molar-refractivity contribution in [3.63, 3.8) is 0 Å². The summed E-state index contributed by atoms with van der Waals surface area (Å²) < 4.78 is 11.5. The fourth-order valence-electron chi connectivity index (χ4n) is 5.51. The van der Waals surface area contributed by atoms with Gasteiger partial charge < -0.3 is 14.8 Å². The zero-order valence-corrected chi connectivity index (χ0v) is 23.0. The first-order valence-corrected chi connectivity index (χ1v) is 13.8. The third-order valence-electron chi connectivity index (χ3n) is 7.47. The third kappa shape index (κ3) is 5.27. The number of methoxy groups -OCH3 is 1. The molecule has 39 heavy (non-hydrogen) atoms. The van der Waals surface area contributed by atoms with Crippen LogP contribution in [0.3, 0.4) is 0 Å². The van der Waals surface area contributed by atoms with Crippen molar-refractivity contribution in [2.45, 2.75) is 25.0 Å². The molecule has 0 fully saturated rings. The minimum atomic E-state index is 0.263. The molecule has 0 amide bonds. The molecule has 1 aliphatic heterocycles. The summed E-state index contributed by atoms with van der Waals surface area (Å²) in [5.74, 6) is 1.99. The van der Waals surface area contributed by atoms with Gasteiger partial charge in [0.05, 0.1) is 23.9 Å². The molecule has 0 radical (unpaired) electrons. The van der Waals surface area contributed by atoms with E-state index < -0.39 is 0 Å². The summed E-state index contributed by atoms with van der Waals surface area (Å²) in [6, 6.07) is 28.6. The fourth-order valence-corrected chi connectivity index (χ4v) is 5.97. The van der Waals surface area contributed by atoms with Crippen LogP contribution >= 0.6 is 23.2 Å². The molecular formula is C33H28Cl2N2O2. The number of para-hydroxylation sites is 1. The molecule has 0 unspecified atom stereocenters. The second-order valence-electron chi connectivity index (χ2n) is 9.83. The number of benzene rings is 4. The van der Waals surface area contributed by atoms with Crippen molar-refractivity contribution in [2.75, 3.05) is 12.4 Å². The van der Waals surface area contributed by atoms with Crippen LogP contribution in [0.2, 0.25) is 10.0 Å². The summed E-state index contributed by atoms with van der Waals surface area (Å²) in [4.78, 5) is 4.69. The molecule has 0 spiro atoms. The number of hydrogen-bond acceptors (Lipinski definition) is 4. The van der Waals surface area contributed by atoms with E-state index in [4.69, 9.17) is 32.7 Å². The van der Waals surface area contributed by atoms with Crippen LogP contribution in [0, 0.1) is 5.92 Å². The molecule has 1 N–H and O–H groups in total. The van der Waals surface area contributed by atoms with E-state index in [9.17, 15) is 0 Å². The monoisotopic (exact) mass is 554 g/mol. The maximum Gasteiger partial charge on any atom is 0.180 e. The first kappa shape index (κ1) is 25.5. The standard InChI is InChI=1S/C33H28Cl2N2O2/c1-38-31-18-21(17-29(35)33(31)39-20-23-7-2-4-11-28(23)34)19-36-24-15-13-22(14-16-24)32-27-10-6-9-25(27)26-8-3-5-12-30(26)37-32/h2-9,11-19,25,27,32,37H,10,20H2,1H3/t25-,27+,32-/m0/s1. The van der Waals surface area contributed by atoms with Gasteiger partial charge >= 0.3 is 0 Å². The highest BCUT2D eigenvalue weighted by atomic mass is 35.5. The van der Waals surface area contributed by atoms with Gasteiger partial charge in [-0.05, 0) is 65.4 Å². The minimum Gasteiger partial charge on any atom is -0.493 e. The van der Waals surface area contributed by atoms with E-state index in [-0.39, 0.29) is 12.6 Å². The van der Waals surface area contributed by atoms with E-state index in [1.807, 2.05) is 36.4 Å². The molecule has 3 atom stereocenters. The highest BCUT2D eigenvalue weighted by Crippen LogP contribution is 2.49. The van der Waals surface area contributed by atoms with E-state index in [0.717, 1.165) is 23.2 Å². The second kappa shape index (κ2) is 11.2. The molecule has 1 aliphatic carbocycles. The molecule has 4 nitrogen and oxygen atoms in total. The van der Waals surface area contributed by atoms with Crippen molar-refractivity contribution in [3.8, 4) is 11.5 Å². The SMILES string of the molecule is COc1cc(C=Nc2ccc([C@@H]3Nc4ccccc4[C@@H]4C=CC[C@H]43)cc2)cc(Cl)c1OCc1ccccc1Cl. The van der Waals surface area contributed by atoms with Gasteiger partial charge in [-0.3, -0.25) is 4.99 Å². The van der Waals surface area contributed by atoms with Crippen LogP contribution in [-0.2, 0) is 6.61 Å². The van der Waals surface area contributed by atoms with Crippen LogP contribution in [-0.4, -0.2) is 13.3 Å². The summed E-state index contributed by atoms with van der Waals surface area (Å²) in [6.45, 7) is 0.286. The Labute approximate surface area is 238 Å². The zero-order valence-electron chi connectivity index (χ0n) is 21.5. The lowest BCUT2D eigenvalue weighted by Gasteiger charge is -2.37. The molecule has 0 bridgehead atoms. The van der Waals surface area contributed by atoms with Crippen molar-refractivity contribution in [3.05, 3.63) is 129 Å². The Morgan fingerprint density at radius 1 is 0.949 bits per heavy atom. The first-order chi connectivity index (χ1) is 19.1. The number of anilines is 1. The number of hydrogen-bond donors (Lipinski definition) is 1. The second-order valence-corrected chi connectivity index (χ2v) is 10.6. The molecule has 6 rings (SSSR count). The van der Waals surface area contributed by atoms with E-state index in [1.54, 1.807) is 13.3 Å². The Morgan fingerprint density at radius 2 is 1.74 bits per heavy atom. The van der Waals surface area contributed by atoms with Gasteiger partial charge in [0.2, 0.25) is 0 Å². The first-order valence-electron chi connectivity index (χ1n) is 13.0. The Bertz CT molecular complexity index is 1550. The fraction of sp³-hybridized carbons (Fsp3) is 0.182. The van der Waals surface area contributed by atoms with E-state index >= 15 is 0 Å². The number of nitrogens with zero attached hydrogens (tertiary/aromatic N) is 1. The topological polar surface area (TPSA) is 42.8 Å². The number of nitrogens with one attached hydrogen (secondary N) is 1. The molecule has 196 valence electrons. The van der Waals surface area contributed by atoms with E-state index in [0.29, 0.717) is 33.4 Å². The van der Waals surface area contributed by atoms with Gasteiger partial charge in [0.1, 0.15) is 6.61 Å². The molecule has 0 saturated carbocycles. The number of halogens is 2. The quantitative estimate of drug-likeness (QED) is 0.183. The number of fused-ring (bicyclic) bond motifs is 3. The smallest absolute Gasteiger partial charge is 0.180 e. The summed E-state index contributed by atoms with van der Waals surface area (Å²) in [5, 5.41) is 4.87. The van der Waals surface area contributed by atoms with Crippen molar-refractivity contribution in [2.24, 2.45) is 10.9 Å². The lowest BCUT2D eigenvalue weighted by Crippen LogP contribution is -2.28. The van der Waals surface area contributed by atoms with Gasteiger partial charge in [0.25, 0.3) is 0 Å². The number of rotatable bonds is 7. The van der Waals surface area contributed by atoms with Crippen LogP contribution < -0.4 is 14.8 Å². The zero-order chi connectivity index (χ0) is 26.8. The lowest BCUT2D eigenvalue weighted by molar-refractivity contribution is 0.285. The summed E-state index contributed by atoms with van der Waals surface area (Å²) in [7, 11) is 1.59. The van der Waals surface area contributed by atoms with Crippen molar-refractivity contribution in [1.29, 1.82) is 0 Å². The Morgan fingerprint density at radius 3 is 2.56 bits per heavy atom. The molecule has 0 saturated heterocycles. The Hall–Kier alpha value is -3.73. The number of aliphatic imine (C=N–C) groups is 1. The molecule has 1 heterocycles. The van der Waals surface area contributed by atoms with Gasteiger partial charge in [-0.15, -0.1) is 0 Å². The Balaban J connectivity index is 1.17. The van der Waals surface area contributed by atoms with Gasteiger partial charge in [-0.1, -0.05) is 83.9 Å². The summed E-state index contributed by atoms with van der Waals surface area (Å²) >= 11 is 12.8. The van der Waals surface area contributed by atoms with Gasteiger partial charge in [-0.25, -0.2) is 0 Å². The highest BCUT2D eigenvalue weighted by molar-refractivity contribution is 6.32. The molecular weight excluding hydrogens is 527 g/mol. The lowest BCUT2D eigenvalue weighted by atomic mass is 9.77. The van der Waals surface area contributed by atoms with Crippen LogP contribution in [0.4, 0.5) is 11.4 Å². The predicted molar refractivity (Wildman–Crippen MR) is 160 cm³/mol. The number of allylic oxidation sites excluding steroid dienone is 2. The largest absolute Gasteiger partial charge is 0.493 e. The van der Waals surface area contributed by atoms with Gasteiger partial charge in [0, 0.05) is 28.4 Å². The molecule has 4 aromatic rings. The summed E-state index contributed by atoms with van der Waals surface area (Å²) in [6.07, 6.45) is 7.55. The average molecular weight is 556 g/mol. The van der Waals surface area contributed by atoms with Crippen molar-refractivity contribution >= 4 is 40.8 Å².